The van der Waals surface area contributed by atoms with Gasteiger partial charge in [-0.3, -0.25) is 4.79 Å². The molecule has 0 aliphatic carbocycles. The minimum Gasteiger partial charge on any atom is -0.294 e. The highest BCUT2D eigenvalue weighted by Gasteiger charge is 2.01. The van der Waals surface area contributed by atoms with Crippen molar-refractivity contribution in [3.05, 3.63) is 32.9 Å². The van der Waals surface area contributed by atoms with Crippen molar-refractivity contribution < 1.29 is 4.79 Å². The van der Waals surface area contributed by atoms with Crippen molar-refractivity contribution in [2.75, 3.05) is 0 Å². The summed E-state index contributed by atoms with van der Waals surface area (Å²) < 4.78 is 1.05. The predicted molar refractivity (Wildman–Crippen MR) is 55.5 cm³/mol. The van der Waals surface area contributed by atoms with Crippen LogP contribution in [0.3, 0.4) is 0 Å². The van der Waals surface area contributed by atoms with Crippen molar-refractivity contribution in [1.29, 1.82) is 0 Å². The molecule has 3 heteroatoms. The Labute approximate surface area is 84.2 Å². The largest absolute Gasteiger partial charge is 0.294 e. The molecule has 0 aromatic carbocycles. The van der Waals surface area contributed by atoms with Crippen LogP contribution in [0.25, 0.3) is 0 Å². The summed E-state index contributed by atoms with van der Waals surface area (Å²) in [5.41, 5.74) is 0. The van der Waals surface area contributed by atoms with Crippen LogP contribution in [0.2, 0.25) is 0 Å². The molecule has 1 rings (SSSR count). The van der Waals surface area contributed by atoms with Gasteiger partial charge in [-0.25, -0.2) is 0 Å². The molecule has 0 fully saturated rings. The van der Waals surface area contributed by atoms with Gasteiger partial charge in [0, 0.05) is 21.2 Å². The zero-order valence-corrected chi connectivity index (χ0v) is 9.11. The monoisotopic (exact) mass is 244 g/mol. The Morgan fingerprint density at radius 3 is 3.00 bits per heavy atom. The van der Waals surface area contributed by atoms with Gasteiger partial charge in [-0.15, -0.1) is 11.3 Å². The molecule has 1 aromatic heterocycles. The van der Waals surface area contributed by atoms with Gasteiger partial charge in [-0.05, 0) is 35.0 Å². The molecule has 0 amide bonds. The highest BCUT2D eigenvalue weighted by atomic mass is 79.9. The van der Waals surface area contributed by atoms with Crippen molar-refractivity contribution >= 4 is 33.0 Å². The maximum Gasteiger partial charge on any atom is 0.160 e. The van der Waals surface area contributed by atoms with E-state index in [1.165, 1.54) is 0 Å². The summed E-state index contributed by atoms with van der Waals surface area (Å²) >= 11 is 4.94. The highest BCUT2D eigenvalue weighted by molar-refractivity contribution is 9.10. The minimum atomic E-state index is 0.159. The molecular weight excluding hydrogens is 236 g/mol. The van der Waals surface area contributed by atoms with Crippen LogP contribution < -0.4 is 0 Å². The SMILES string of the molecule is C/C=C/C(=O)Cc1cc(Br)cs1. The molecule has 0 unspecified atom stereocenters. The van der Waals surface area contributed by atoms with Crippen LogP contribution in [-0.4, -0.2) is 5.78 Å². The Morgan fingerprint density at radius 1 is 1.75 bits per heavy atom. The van der Waals surface area contributed by atoms with Gasteiger partial charge in [-0.1, -0.05) is 6.08 Å². The molecule has 0 atom stereocenters. The zero-order valence-electron chi connectivity index (χ0n) is 6.71. The Balaban J connectivity index is 2.58. The molecule has 1 heterocycles. The number of ketones is 1. The van der Waals surface area contributed by atoms with Gasteiger partial charge in [0.2, 0.25) is 0 Å². The molecule has 12 heavy (non-hydrogen) atoms. The first-order valence-corrected chi connectivity index (χ1v) is 5.28. The smallest absolute Gasteiger partial charge is 0.160 e. The first-order chi connectivity index (χ1) is 5.72. The summed E-state index contributed by atoms with van der Waals surface area (Å²) in [6, 6.07) is 1.98. The second kappa shape index (κ2) is 4.58. The van der Waals surface area contributed by atoms with Crippen LogP contribution in [0.15, 0.2) is 28.1 Å². The van der Waals surface area contributed by atoms with Crippen LogP contribution in [-0.2, 0) is 11.2 Å². The van der Waals surface area contributed by atoms with E-state index in [-0.39, 0.29) is 5.78 Å². The normalized spacial score (nSPS) is 10.8. The second-order valence-corrected chi connectivity index (χ2v) is 4.29. The van der Waals surface area contributed by atoms with Crippen LogP contribution in [0.5, 0.6) is 0 Å². The molecule has 1 nitrogen and oxygen atoms in total. The number of thiophene rings is 1. The van der Waals surface area contributed by atoms with Crippen LogP contribution >= 0.6 is 27.3 Å². The number of hydrogen-bond donors (Lipinski definition) is 0. The first kappa shape index (κ1) is 9.68. The third kappa shape index (κ3) is 2.91. The maximum atomic E-state index is 11.1. The van der Waals surface area contributed by atoms with Crippen molar-refractivity contribution in [3.8, 4) is 0 Å². The highest BCUT2D eigenvalue weighted by Crippen LogP contribution is 2.20. The molecule has 1 aromatic rings. The van der Waals surface area contributed by atoms with Crippen molar-refractivity contribution in [2.45, 2.75) is 13.3 Å². The second-order valence-electron chi connectivity index (χ2n) is 2.37. The number of rotatable bonds is 3. The summed E-state index contributed by atoms with van der Waals surface area (Å²) in [5.74, 6) is 0.159. The molecular formula is C9H9BrOS. The molecule has 0 N–H and O–H groups in total. The lowest BCUT2D eigenvalue weighted by Gasteiger charge is -1.89. The molecule has 0 saturated heterocycles. The third-order valence-corrected chi connectivity index (χ3v) is 3.02. The van der Waals surface area contributed by atoms with Gasteiger partial charge in [0.15, 0.2) is 5.78 Å². The Morgan fingerprint density at radius 2 is 2.50 bits per heavy atom. The first-order valence-electron chi connectivity index (χ1n) is 3.61. The number of allylic oxidation sites excluding steroid dienone is 2. The maximum absolute atomic E-state index is 11.1. The van der Waals surface area contributed by atoms with Gasteiger partial charge >= 0.3 is 0 Å². The molecule has 0 spiro atoms. The predicted octanol–water partition coefficient (Wildman–Crippen LogP) is 3.20. The average Bonchev–Trinajstić information content (AvgIpc) is 2.36. The van der Waals surface area contributed by atoms with Crippen molar-refractivity contribution in [1.82, 2.24) is 0 Å². The van der Waals surface area contributed by atoms with Gasteiger partial charge in [-0.2, -0.15) is 0 Å². The number of carbonyl (C=O) groups excluding carboxylic acids is 1. The van der Waals surface area contributed by atoms with Crippen molar-refractivity contribution in [3.63, 3.8) is 0 Å². The topological polar surface area (TPSA) is 17.1 Å². The number of carbonyl (C=O) groups is 1. The quantitative estimate of drug-likeness (QED) is 0.747. The Hall–Kier alpha value is -0.410. The summed E-state index contributed by atoms with van der Waals surface area (Å²) in [7, 11) is 0. The third-order valence-electron chi connectivity index (χ3n) is 1.32. The molecule has 0 aliphatic heterocycles. The van der Waals surface area contributed by atoms with E-state index in [4.69, 9.17) is 0 Å². The Bertz CT molecular complexity index is 301. The zero-order chi connectivity index (χ0) is 8.97. The summed E-state index contributed by atoms with van der Waals surface area (Å²) in [5, 5.41) is 1.98. The lowest BCUT2D eigenvalue weighted by molar-refractivity contribution is -0.113. The molecule has 0 bridgehead atoms. The fourth-order valence-corrected chi connectivity index (χ4v) is 2.32. The number of hydrogen-bond acceptors (Lipinski definition) is 2. The van der Waals surface area contributed by atoms with Gasteiger partial charge in [0.25, 0.3) is 0 Å². The van der Waals surface area contributed by atoms with Gasteiger partial charge in [0.05, 0.1) is 0 Å². The van der Waals surface area contributed by atoms with Crippen molar-refractivity contribution in [2.24, 2.45) is 0 Å². The van der Waals surface area contributed by atoms with E-state index in [1.807, 2.05) is 18.4 Å². The van der Waals surface area contributed by atoms with E-state index in [2.05, 4.69) is 15.9 Å². The van der Waals surface area contributed by atoms with E-state index < -0.39 is 0 Å². The number of halogens is 1. The summed E-state index contributed by atoms with van der Waals surface area (Å²) in [6.45, 7) is 1.85. The standard InChI is InChI=1S/C9H9BrOS/c1-2-3-8(11)5-9-4-7(10)6-12-9/h2-4,6H,5H2,1H3/b3-2+. The van der Waals surface area contributed by atoms with E-state index in [9.17, 15) is 4.79 Å². The summed E-state index contributed by atoms with van der Waals surface area (Å²) in [6.07, 6.45) is 3.89. The molecule has 64 valence electrons. The van der Waals surface area contributed by atoms with Crippen LogP contribution in [0, 0.1) is 0 Å². The fourth-order valence-electron chi connectivity index (χ4n) is 0.863. The minimum absolute atomic E-state index is 0.159. The van der Waals surface area contributed by atoms with Crippen LogP contribution in [0.1, 0.15) is 11.8 Å². The molecule has 0 saturated carbocycles. The molecule has 0 radical (unpaired) electrons. The van der Waals surface area contributed by atoms with Gasteiger partial charge in [0.1, 0.15) is 0 Å². The average molecular weight is 245 g/mol. The summed E-state index contributed by atoms with van der Waals surface area (Å²) in [4.78, 5) is 12.2. The van der Waals surface area contributed by atoms with Crippen LogP contribution in [0.4, 0.5) is 0 Å². The molecule has 0 aliphatic rings. The van der Waals surface area contributed by atoms with E-state index in [0.717, 1.165) is 9.35 Å². The van der Waals surface area contributed by atoms with Gasteiger partial charge < -0.3 is 0 Å². The lowest BCUT2D eigenvalue weighted by Crippen LogP contribution is -1.95. The van der Waals surface area contributed by atoms with E-state index in [0.29, 0.717) is 6.42 Å². The fraction of sp³-hybridized carbons (Fsp3) is 0.222. The lowest BCUT2D eigenvalue weighted by atomic mass is 10.2. The van der Waals surface area contributed by atoms with E-state index in [1.54, 1.807) is 23.5 Å². The Kier molecular flexibility index (Phi) is 3.69. The van der Waals surface area contributed by atoms with E-state index >= 15 is 0 Å².